The fourth-order valence-electron chi connectivity index (χ4n) is 2.51. The molecule has 0 amide bonds. The highest BCUT2D eigenvalue weighted by Crippen LogP contribution is 2.19. The van der Waals surface area contributed by atoms with Crippen molar-refractivity contribution in [1.82, 2.24) is 19.5 Å². The van der Waals surface area contributed by atoms with Crippen LogP contribution in [0.1, 0.15) is 18.7 Å². The van der Waals surface area contributed by atoms with E-state index >= 15 is 0 Å². The molecule has 0 radical (unpaired) electrons. The van der Waals surface area contributed by atoms with Gasteiger partial charge in [-0.3, -0.25) is 4.40 Å². The van der Waals surface area contributed by atoms with Gasteiger partial charge in [-0.15, -0.1) is 10.2 Å². The van der Waals surface area contributed by atoms with E-state index < -0.39 is 0 Å². The molecule has 0 aliphatic carbocycles. The third-order valence-electron chi connectivity index (χ3n) is 3.55. The van der Waals surface area contributed by atoms with Crippen LogP contribution in [0, 0.1) is 0 Å². The van der Waals surface area contributed by atoms with Crippen molar-refractivity contribution in [2.24, 2.45) is 0 Å². The average molecular weight is 232 g/mol. The third-order valence-corrected chi connectivity index (χ3v) is 3.55. The molecule has 1 aliphatic heterocycles. The number of hydrogen-bond acceptors (Lipinski definition) is 4. The van der Waals surface area contributed by atoms with Crippen molar-refractivity contribution in [3.8, 4) is 5.75 Å². The largest absolute Gasteiger partial charge is 0.506 e. The van der Waals surface area contributed by atoms with E-state index in [0.717, 1.165) is 24.4 Å². The number of rotatable bonds is 2. The van der Waals surface area contributed by atoms with Gasteiger partial charge in [0.15, 0.2) is 5.65 Å². The second kappa shape index (κ2) is 4.00. The summed E-state index contributed by atoms with van der Waals surface area (Å²) < 4.78 is 1.88. The zero-order valence-electron chi connectivity index (χ0n) is 9.87. The fraction of sp³-hybridized carbons (Fsp3) is 0.500. The van der Waals surface area contributed by atoms with Gasteiger partial charge in [0.25, 0.3) is 0 Å². The van der Waals surface area contributed by atoms with Crippen molar-refractivity contribution in [3.05, 3.63) is 24.2 Å². The lowest BCUT2D eigenvalue weighted by atomic mass is 10.1. The number of hydrogen-bond donors (Lipinski definition) is 1. The molecule has 1 saturated heterocycles. The van der Waals surface area contributed by atoms with Gasteiger partial charge in [0, 0.05) is 12.5 Å². The monoisotopic (exact) mass is 232 g/mol. The Bertz CT molecular complexity index is 536. The van der Waals surface area contributed by atoms with E-state index in [0.29, 0.717) is 6.04 Å². The van der Waals surface area contributed by atoms with Gasteiger partial charge in [-0.2, -0.15) is 0 Å². The Balaban J connectivity index is 1.92. The summed E-state index contributed by atoms with van der Waals surface area (Å²) >= 11 is 0. The maximum absolute atomic E-state index is 9.50. The molecule has 1 N–H and O–H groups in total. The van der Waals surface area contributed by atoms with Crippen LogP contribution in [0.15, 0.2) is 18.3 Å². The van der Waals surface area contributed by atoms with Crippen LogP contribution in [0.3, 0.4) is 0 Å². The molecule has 0 aromatic carbocycles. The lowest BCUT2D eigenvalue weighted by Gasteiger charge is -2.18. The number of likely N-dealkylation sites (N-methyl/N-ethyl adjacent to an activating group) is 1. The van der Waals surface area contributed by atoms with Crippen molar-refractivity contribution in [3.63, 3.8) is 0 Å². The second-order valence-corrected chi connectivity index (χ2v) is 4.71. The van der Waals surface area contributed by atoms with E-state index in [1.165, 1.54) is 12.8 Å². The van der Waals surface area contributed by atoms with Gasteiger partial charge in [0.2, 0.25) is 0 Å². The van der Waals surface area contributed by atoms with E-state index in [1.54, 1.807) is 18.3 Å². The lowest BCUT2D eigenvalue weighted by Crippen LogP contribution is -2.27. The number of nitrogens with zero attached hydrogens (tertiary/aromatic N) is 4. The molecule has 0 spiro atoms. The first kappa shape index (κ1) is 10.5. The minimum absolute atomic E-state index is 0.248. The molecule has 1 aliphatic rings. The first-order chi connectivity index (χ1) is 8.24. The summed E-state index contributed by atoms with van der Waals surface area (Å²) in [6.07, 6.45) is 5.04. The zero-order valence-corrected chi connectivity index (χ0v) is 9.87. The zero-order chi connectivity index (χ0) is 11.8. The second-order valence-electron chi connectivity index (χ2n) is 4.71. The van der Waals surface area contributed by atoms with Gasteiger partial charge < -0.3 is 10.0 Å². The van der Waals surface area contributed by atoms with E-state index in [4.69, 9.17) is 0 Å². The van der Waals surface area contributed by atoms with Crippen LogP contribution in [-0.2, 0) is 6.42 Å². The van der Waals surface area contributed by atoms with Crippen LogP contribution in [0.2, 0.25) is 0 Å². The van der Waals surface area contributed by atoms with Crippen LogP contribution in [-0.4, -0.2) is 44.2 Å². The molecular weight excluding hydrogens is 216 g/mol. The van der Waals surface area contributed by atoms with Gasteiger partial charge in [-0.1, -0.05) is 0 Å². The molecule has 3 rings (SSSR count). The topological polar surface area (TPSA) is 53.7 Å². The van der Waals surface area contributed by atoms with Crippen LogP contribution >= 0.6 is 0 Å². The van der Waals surface area contributed by atoms with Crippen molar-refractivity contribution < 1.29 is 5.11 Å². The maximum Gasteiger partial charge on any atom is 0.161 e. The molecule has 5 nitrogen and oxygen atoms in total. The molecule has 2 aromatic rings. The summed E-state index contributed by atoms with van der Waals surface area (Å²) in [6.45, 7) is 1.16. The van der Waals surface area contributed by atoms with Gasteiger partial charge in [0.05, 0.1) is 6.20 Å². The number of aromatic nitrogens is 3. The standard InChI is InChI=1S/C12H16N4O/c1-15-6-2-3-9(15)7-12-14-13-11-5-4-10(17)8-16(11)12/h4-5,8-9,17H,2-3,6-7H2,1H3. The molecular formula is C12H16N4O. The number of likely N-dealkylation sites (tertiary alicyclic amines) is 1. The normalized spacial score (nSPS) is 21.4. The Morgan fingerprint density at radius 3 is 3.06 bits per heavy atom. The van der Waals surface area contributed by atoms with Crippen molar-refractivity contribution in [2.75, 3.05) is 13.6 Å². The van der Waals surface area contributed by atoms with Gasteiger partial charge in [0.1, 0.15) is 11.6 Å². The number of pyridine rings is 1. The summed E-state index contributed by atoms with van der Waals surface area (Å²) in [6, 6.07) is 3.96. The minimum atomic E-state index is 0.248. The molecule has 1 fully saturated rings. The third kappa shape index (κ3) is 1.86. The van der Waals surface area contributed by atoms with Crippen LogP contribution in [0.25, 0.3) is 5.65 Å². The molecule has 5 heteroatoms. The Kier molecular flexibility index (Phi) is 2.48. The Hall–Kier alpha value is -1.62. The average Bonchev–Trinajstić information content (AvgIpc) is 2.88. The van der Waals surface area contributed by atoms with E-state index in [1.807, 2.05) is 4.40 Å². The maximum atomic E-state index is 9.50. The molecule has 90 valence electrons. The van der Waals surface area contributed by atoms with Gasteiger partial charge in [-0.25, -0.2) is 0 Å². The molecule has 1 unspecified atom stereocenters. The summed E-state index contributed by atoms with van der Waals surface area (Å²) in [7, 11) is 2.15. The summed E-state index contributed by atoms with van der Waals surface area (Å²) in [5.74, 6) is 1.17. The van der Waals surface area contributed by atoms with Crippen molar-refractivity contribution in [2.45, 2.75) is 25.3 Å². The lowest BCUT2D eigenvalue weighted by molar-refractivity contribution is 0.305. The van der Waals surface area contributed by atoms with Crippen LogP contribution in [0.5, 0.6) is 5.75 Å². The molecule has 0 bridgehead atoms. The van der Waals surface area contributed by atoms with Gasteiger partial charge >= 0.3 is 0 Å². The minimum Gasteiger partial charge on any atom is -0.506 e. The van der Waals surface area contributed by atoms with E-state index in [-0.39, 0.29) is 5.75 Å². The Morgan fingerprint density at radius 2 is 2.29 bits per heavy atom. The number of aromatic hydroxyl groups is 1. The highest BCUT2D eigenvalue weighted by atomic mass is 16.3. The van der Waals surface area contributed by atoms with Crippen molar-refractivity contribution >= 4 is 5.65 Å². The van der Waals surface area contributed by atoms with Crippen LogP contribution < -0.4 is 0 Å². The SMILES string of the molecule is CN1CCCC1Cc1nnc2ccc(O)cn12. The first-order valence-electron chi connectivity index (χ1n) is 5.97. The molecule has 2 aromatic heterocycles. The smallest absolute Gasteiger partial charge is 0.161 e. The fourth-order valence-corrected chi connectivity index (χ4v) is 2.51. The Morgan fingerprint density at radius 1 is 1.41 bits per heavy atom. The summed E-state index contributed by atoms with van der Waals surface area (Å²) in [5, 5.41) is 17.8. The summed E-state index contributed by atoms with van der Waals surface area (Å²) in [5.41, 5.74) is 0.790. The van der Waals surface area contributed by atoms with Gasteiger partial charge in [-0.05, 0) is 38.6 Å². The predicted octanol–water partition coefficient (Wildman–Crippen LogP) is 1.07. The molecule has 17 heavy (non-hydrogen) atoms. The molecule has 0 saturated carbocycles. The van der Waals surface area contributed by atoms with E-state index in [9.17, 15) is 5.11 Å². The molecule has 3 heterocycles. The van der Waals surface area contributed by atoms with E-state index in [2.05, 4.69) is 22.1 Å². The van der Waals surface area contributed by atoms with Crippen LogP contribution in [0.4, 0.5) is 0 Å². The highest BCUT2D eigenvalue weighted by Gasteiger charge is 2.23. The molecule has 1 atom stereocenters. The Labute approximate surface area is 99.7 Å². The quantitative estimate of drug-likeness (QED) is 0.841. The van der Waals surface area contributed by atoms with Crippen molar-refractivity contribution in [1.29, 1.82) is 0 Å². The first-order valence-corrected chi connectivity index (χ1v) is 5.97. The number of fused-ring (bicyclic) bond motifs is 1. The predicted molar refractivity (Wildman–Crippen MR) is 64.0 cm³/mol. The summed E-state index contributed by atoms with van der Waals surface area (Å²) in [4.78, 5) is 2.36. The highest BCUT2D eigenvalue weighted by molar-refractivity contribution is 5.41.